The zero-order valence-electron chi connectivity index (χ0n) is 8.24. The average Bonchev–Trinajstić information content (AvgIpc) is 2.21. The molecule has 0 spiro atoms. The van der Waals surface area contributed by atoms with Crippen molar-refractivity contribution >= 4 is 10.0 Å². The molecule has 0 saturated carbocycles. The summed E-state index contributed by atoms with van der Waals surface area (Å²) < 4.78 is 50.4. The van der Waals surface area contributed by atoms with Crippen LogP contribution in [-0.4, -0.2) is 14.5 Å². The lowest BCUT2D eigenvalue weighted by Crippen LogP contribution is -2.31. The molecule has 86 valence electrons. The van der Waals surface area contributed by atoms with Gasteiger partial charge in [-0.05, 0) is 25.1 Å². The second-order valence-electron chi connectivity index (χ2n) is 3.05. The van der Waals surface area contributed by atoms with E-state index in [-0.39, 0.29) is 0 Å². The van der Waals surface area contributed by atoms with Gasteiger partial charge in [-0.2, -0.15) is 9.98 Å². The lowest BCUT2D eigenvalue weighted by Gasteiger charge is -2.07. The fourth-order valence-electron chi connectivity index (χ4n) is 0.971. The summed E-state index contributed by atoms with van der Waals surface area (Å²) in [5.41, 5.74) is 0. The lowest BCUT2D eigenvalue weighted by atomic mass is 10.3. The van der Waals surface area contributed by atoms with Gasteiger partial charge in [0.05, 0.1) is 11.0 Å². The molecule has 0 aromatic heterocycles. The molecular weight excluding hydrogens is 238 g/mol. The Balaban J connectivity index is 3.09. The smallest absolute Gasteiger partial charge is 0.207 e. The highest BCUT2D eigenvalue weighted by Crippen LogP contribution is 2.13. The highest BCUT2D eigenvalue weighted by molar-refractivity contribution is 7.89. The molecule has 0 saturated heterocycles. The molecule has 1 unspecified atom stereocenters. The van der Waals surface area contributed by atoms with Gasteiger partial charge < -0.3 is 0 Å². The van der Waals surface area contributed by atoms with Crippen LogP contribution in [0, 0.1) is 23.0 Å². The molecule has 0 aliphatic carbocycles. The van der Waals surface area contributed by atoms with Crippen molar-refractivity contribution in [1.82, 2.24) is 4.72 Å². The van der Waals surface area contributed by atoms with Gasteiger partial charge in [-0.1, -0.05) is 0 Å². The normalized spacial score (nSPS) is 13.1. The van der Waals surface area contributed by atoms with Gasteiger partial charge >= 0.3 is 0 Å². The van der Waals surface area contributed by atoms with Crippen LogP contribution in [0.2, 0.25) is 0 Å². The van der Waals surface area contributed by atoms with E-state index in [0.717, 1.165) is 6.07 Å². The van der Waals surface area contributed by atoms with Crippen LogP contribution < -0.4 is 4.72 Å². The first-order valence-electron chi connectivity index (χ1n) is 4.24. The van der Waals surface area contributed by atoms with Crippen LogP contribution in [0.5, 0.6) is 0 Å². The molecule has 16 heavy (non-hydrogen) atoms. The van der Waals surface area contributed by atoms with E-state index in [9.17, 15) is 17.2 Å². The summed E-state index contributed by atoms with van der Waals surface area (Å²) in [5.74, 6) is -2.39. The molecule has 0 bridgehead atoms. The van der Waals surface area contributed by atoms with E-state index in [4.69, 9.17) is 5.26 Å². The minimum Gasteiger partial charge on any atom is -0.207 e. The Hall–Kier alpha value is -1.52. The maximum Gasteiger partial charge on any atom is 0.241 e. The van der Waals surface area contributed by atoms with Crippen LogP contribution in [0.25, 0.3) is 0 Å². The summed E-state index contributed by atoms with van der Waals surface area (Å²) in [6.07, 6.45) is 0. The van der Waals surface area contributed by atoms with E-state index in [0.29, 0.717) is 12.1 Å². The number of halogens is 2. The van der Waals surface area contributed by atoms with Crippen molar-refractivity contribution < 1.29 is 17.2 Å². The highest BCUT2D eigenvalue weighted by Gasteiger charge is 2.18. The number of hydrogen-bond acceptors (Lipinski definition) is 3. The quantitative estimate of drug-likeness (QED) is 0.869. The Bertz CT molecular complexity index is 537. The predicted octanol–water partition coefficient (Wildman–Crippen LogP) is 1.16. The van der Waals surface area contributed by atoms with Crippen LogP contribution in [-0.2, 0) is 10.0 Å². The summed E-state index contributed by atoms with van der Waals surface area (Å²) in [4.78, 5) is -0.423. The summed E-state index contributed by atoms with van der Waals surface area (Å²) in [6.45, 7) is 1.33. The third-order valence-electron chi connectivity index (χ3n) is 1.73. The van der Waals surface area contributed by atoms with Crippen molar-refractivity contribution in [2.75, 3.05) is 0 Å². The highest BCUT2D eigenvalue weighted by atomic mass is 32.2. The zero-order valence-corrected chi connectivity index (χ0v) is 9.05. The van der Waals surface area contributed by atoms with Gasteiger partial charge in [0.15, 0.2) is 11.6 Å². The molecule has 1 aromatic rings. The molecule has 1 rings (SSSR count). The number of benzene rings is 1. The molecule has 1 atom stereocenters. The molecule has 0 radical (unpaired) electrons. The number of sulfonamides is 1. The Labute approximate surface area is 91.6 Å². The average molecular weight is 246 g/mol. The Morgan fingerprint density at radius 3 is 2.50 bits per heavy atom. The summed E-state index contributed by atoms with van der Waals surface area (Å²) in [6, 6.07) is 2.90. The van der Waals surface area contributed by atoms with Crippen molar-refractivity contribution in [3.63, 3.8) is 0 Å². The minimum absolute atomic E-state index is 0.423. The second-order valence-corrected chi connectivity index (χ2v) is 4.76. The van der Waals surface area contributed by atoms with E-state index >= 15 is 0 Å². The molecule has 4 nitrogen and oxygen atoms in total. The number of nitrogens with zero attached hydrogens (tertiary/aromatic N) is 1. The standard InChI is InChI=1S/C9H8F2N2O2S/c1-6(5-12)13-16(14,15)7-2-3-8(10)9(11)4-7/h2-4,6,13H,1H3. The van der Waals surface area contributed by atoms with Crippen LogP contribution in [0.4, 0.5) is 8.78 Å². The molecule has 1 aromatic carbocycles. The van der Waals surface area contributed by atoms with Gasteiger partial charge in [-0.3, -0.25) is 0 Å². The number of nitrogens with one attached hydrogen (secondary N) is 1. The topological polar surface area (TPSA) is 70.0 Å². The first-order chi connectivity index (χ1) is 7.36. The van der Waals surface area contributed by atoms with E-state index < -0.39 is 32.6 Å². The van der Waals surface area contributed by atoms with E-state index in [1.165, 1.54) is 6.92 Å². The van der Waals surface area contributed by atoms with Gasteiger partial charge in [-0.25, -0.2) is 17.2 Å². The van der Waals surface area contributed by atoms with Gasteiger partial charge in [0.25, 0.3) is 0 Å². The van der Waals surface area contributed by atoms with Crippen molar-refractivity contribution in [3.8, 4) is 6.07 Å². The van der Waals surface area contributed by atoms with Gasteiger partial charge in [-0.15, -0.1) is 0 Å². The molecule has 0 amide bonds. The minimum atomic E-state index is -3.99. The SMILES string of the molecule is CC(C#N)NS(=O)(=O)c1ccc(F)c(F)c1. The maximum atomic E-state index is 12.8. The molecule has 0 heterocycles. The van der Waals surface area contributed by atoms with Gasteiger partial charge in [0, 0.05) is 0 Å². The molecule has 0 fully saturated rings. The fraction of sp³-hybridized carbons (Fsp3) is 0.222. The molecule has 7 heteroatoms. The number of rotatable bonds is 3. The van der Waals surface area contributed by atoms with Crippen LogP contribution in [0.1, 0.15) is 6.92 Å². The summed E-state index contributed by atoms with van der Waals surface area (Å²) >= 11 is 0. The zero-order chi connectivity index (χ0) is 12.3. The van der Waals surface area contributed by atoms with E-state index in [2.05, 4.69) is 0 Å². The second kappa shape index (κ2) is 4.55. The first kappa shape index (κ1) is 12.5. The summed E-state index contributed by atoms with van der Waals surface area (Å²) in [7, 11) is -3.99. The van der Waals surface area contributed by atoms with Gasteiger partial charge in [0.2, 0.25) is 10.0 Å². The largest absolute Gasteiger partial charge is 0.241 e. The van der Waals surface area contributed by atoms with Crippen LogP contribution >= 0.6 is 0 Å². The van der Waals surface area contributed by atoms with Crippen molar-refractivity contribution in [2.45, 2.75) is 17.9 Å². The molecule has 1 N–H and O–H groups in total. The third-order valence-corrected chi connectivity index (χ3v) is 3.27. The van der Waals surface area contributed by atoms with Crippen molar-refractivity contribution in [3.05, 3.63) is 29.8 Å². The fourth-order valence-corrected chi connectivity index (χ4v) is 2.13. The lowest BCUT2D eigenvalue weighted by molar-refractivity contribution is 0.504. The molecular formula is C9H8F2N2O2S. The maximum absolute atomic E-state index is 12.8. The first-order valence-corrected chi connectivity index (χ1v) is 5.72. The monoisotopic (exact) mass is 246 g/mol. The number of nitriles is 1. The van der Waals surface area contributed by atoms with Crippen LogP contribution in [0.15, 0.2) is 23.1 Å². The molecule has 0 aliphatic heterocycles. The van der Waals surface area contributed by atoms with Crippen LogP contribution in [0.3, 0.4) is 0 Å². The van der Waals surface area contributed by atoms with Crippen molar-refractivity contribution in [1.29, 1.82) is 5.26 Å². The third kappa shape index (κ3) is 2.74. The Morgan fingerprint density at radius 1 is 1.38 bits per heavy atom. The van der Waals surface area contributed by atoms with Gasteiger partial charge in [0.1, 0.15) is 6.04 Å². The Morgan fingerprint density at radius 2 is 2.00 bits per heavy atom. The molecule has 0 aliphatic rings. The Kier molecular flexibility index (Phi) is 3.57. The van der Waals surface area contributed by atoms with E-state index in [1.54, 1.807) is 6.07 Å². The van der Waals surface area contributed by atoms with Crippen molar-refractivity contribution in [2.24, 2.45) is 0 Å². The predicted molar refractivity (Wildman–Crippen MR) is 51.8 cm³/mol. The summed E-state index contributed by atoms with van der Waals surface area (Å²) in [5, 5.41) is 8.43. The van der Waals surface area contributed by atoms with E-state index in [1.807, 2.05) is 4.72 Å². The number of hydrogen-bond donors (Lipinski definition) is 1.